The third kappa shape index (κ3) is 6.66. The van der Waals surface area contributed by atoms with Crippen LogP contribution < -0.4 is 19.5 Å². The molecule has 0 unspecified atom stereocenters. The molecule has 0 radical (unpaired) electrons. The number of carbonyl (C=O) groups excluding carboxylic acids is 1. The van der Waals surface area contributed by atoms with E-state index in [9.17, 15) is 18.0 Å². The number of halogens is 3. The van der Waals surface area contributed by atoms with Gasteiger partial charge in [-0.05, 0) is 68.8 Å². The maximum absolute atomic E-state index is 12.8. The molecule has 3 rings (SSSR count). The highest BCUT2D eigenvalue weighted by Crippen LogP contribution is 2.30. The Balaban J connectivity index is 1.56. The van der Waals surface area contributed by atoms with E-state index in [1.54, 1.807) is 24.3 Å². The molecule has 1 aromatic heterocycles. The number of nitrogens with one attached hydrogen (secondary N) is 1. The molecule has 0 atom stereocenters. The number of ether oxygens (including phenoxy) is 3. The van der Waals surface area contributed by atoms with Gasteiger partial charge in [-0.2, -0.15) is 18.3 Å². The van der Waals surface area contributed by atoms with Gasteiger partial charge in [0.25, 0.3) is 0 Å². The van der Waals surface area contributed by atoms with Crippen molar-refractivity contribution in [3.05, 3.63) is 65.5 Å². The van der Waals surface area contributed by atoms with E-state index in [2.05, 4.69) is 10.4 Å². The summed E-state index contributed by atoms with van der Waals surface area (Å²) in [6, 6.07) is 13.2. The summed E-state index contributed by atoms with van der Waals surface area (Å²) < 4.78 is 56.3. The Labute approximate surface area is 195 Å². The second-order valence-electron chi connectivity index (χ2n) is 7.33. The van der Waals surface area contributed by atoms with Gasteiger partial charge >= 0.3 is 6.18 Å². The second-order valence-corrected chi connectivity index (χ2v) is 7.33. The average molecular weight is 477 g/mol. The smallest absolute Gasteiger partial charge is 0.435 e. The zero-order chi connectivity index (χ0) is 24.7. The van der Waals surface area contributed by atoms with Crippen LogP contribution in [-0.2, 0) is 24.1 Å². The molecule has 0 aliphatic carbocycles. The summed E-state index contributed by atoms with van der Waals surface area (Å²) in [6.07, 6.45) is -4.56. The highest BCUT2D eigenvalue weighted by atomic mass is 19.4. The van der Waals surface area contributed by atoms with E-state index in [1.165, 1.54) is 6.92 Å². The summed E-state index contributed by atoms with van der Waals surface area (Å²) in [6.45, 7) is 6.29. The monoisotopic (exact) mass is 477 g/mol. The predicted octanol–water partition coefficient (Wildman–Crippen LogP) is 5.23. The van der Waals surface area contributed by atoms with E-state index < -0.39 is 17.8 Å². The summed E-state index contributed by atoms with van der Waals surface area (Å²) >= 11 is 0. The van der Waals surface area contributed by atoms with Gasteiger partial charge in [0.2, 0.25) is 5.91 Å². The van der Waals surface area contributed by atoms with Crippen LogP contribution in [0, 0.1) is 6.92 Å². The summed E-state index contributed by atoms with van der Waals surface area (Å²) in [4.78, 5) is 12.2. The second kappa shape index (κ2) is 11.0. The zero-order valence-corrected chi connectivity index (χ0v) is 19.1. The molecule has 10 heteroatoms. The van der Waals surface area contributed by atoms with Crippen molar-refractivity contribution in [1.82, 2.24) is 9.78 Å². The molecule has 0 spiro atoms. The fourth-order valence-corrected chi connectivity index (χ4v) is 3.13. The highest BCUT2D eigenvalue weighted by molar-refractivity contribution is 5.90. The number of aromatic nitrogens is 2. The van der Waals surface area contributed by atoms with Gasteiger partial charge in [-0.3, -0.25) is 9.48 Å². The number of aryl methyl sites for hydroxylation is 1. The van der Waals surface area contributed by atoms with E-state index in [0.717, 1.165) is 16.3 Å². The third-order valence-electron chi connectivity index (χ3n) is 4.72. The van der Waals surface area contributed by atoms with E-state index in [0.29, 0.717) is 42.8 Å². The van der Waals surface area contributed by atoms with E-state index in [-0.39, 0.29) is 12.2 Å². The maximum atomic E-state index is 12.8. The number of hydrogen-bond donors (Lipinski definition) is 1. The molecule has 1 N–H and O–H groups in total. The fraction of sp³-hybridized carbons (Fsp3) is 0.333. The number of anilines is 1. The van der Waals surface area contributed by atoms with Gasteiger partial charge in [0.1, 0.15) is 18.9 Å². The van der Waals surface area contributed by atoms with Gasteiger partial charge in [-0.15, -0.1) is 0 Å². The van der Waals surface area contributed by atoms with Crippen molar-refractivity contribution in [2.24, 2.45) is 0 Å². The van der Waals surface area contributed by atoms with Crippen LogP contribution >= 0.6 is 0 Å². The molecular weight excluding hydrogens is 451 g/mol. The Kier molecular flexibility index (Phi) is 8.04. The molecule has 3 aromatic rings. The topological polar surface area (TPSA) is 74.6 Å². The molecule has 0 fully saturated rings. The number of benzene rings is 2. The van der Waals surface area contributed by atoms with Crippen LogP contribution in [0.25, 0.3) is 0 Å². The molecule has 1 heterocycles. The van der Waals surface area contributed by atoms with Crippen LogP contribution in [-0.4, -0.2) is 28.9 Å². The van der Waals surface area contributed by atoms with Crippen LogP contribution in [0.1, 0.15) is 30.8 Å². The van der Waals surface area contributed by atoms with Gasteiger partial charge in [-0.25, -0.2) is 0 Å². The first-order valence-electron chi connectivity index (χ1n) is 10.7. The Hall–Kier alpha value is -3.69. The average Bonchev–Trinajstić information content (AvgIpc) is 3.16. The Morgan fingerprint density at radius 3 is 2.26 bits per heavy atom. The highest BCUT2D eigenvalue weighted by Gasteiger charge is 2.34. The molecule has 34 heavy (non-hydrogen) atoms. The Morgan fingerprint density at radius 1 is 0.971 bits per heavy atom. The van der Waals surface area contributed by atoms with E-state index >= 15 is 0 Å². The lowest BCUT2D eigenvalue weighted by Crippen LogP contribution is -2.20. The summed E-state index contributed by atoms with van der Waals surface area (Å²) in [5, 5.41) is 6.10. The first-order chi connectivity index (χ1) is 16.2. The van der Waals surface area contributed by atoms with Gasteiger partial charge < -0.3 is 19.5 Å². The number of nitrogens with zero attached hydrogens (tertiary/aromatic N) is 2. The minimum absolute atomic E-state index is 0.244. The van der Waals surface area contributed by atoms with E-state index in [4.69, 9.17) is 14.2 Å². The van der Waals surface area contributed by atoms with Crippen molar-refractivity contribution in [2.45, 2.75) is 40.1 Å². The number of amides is 1. The standard InChI is InChI=1S/C24H26F3N3O4/c1-4-32-20-11-6-17(13-21(20)33-5-2)15-34-19-9-7-18(8-10-19)28-23(31)14-30-16(3)12-22(29-30)24(25,26)27/h6-13H,4-5,14-15H2,1-3H3,(H,28,31). The predicted molar refractivity (Wildman–Crippen MR) is 120 cm³/mol. The number of hydrogen-bond acceptors (Lipinski definition) is 5. The summed E-state index contributed by atoms with van der Waals surface area (Å²) in [5.74, 6) is 1.42. The first-order valence-corrected chi connectivity index (χ1v) is 10.7. The zero-order valence-electron chi connectivity index (χ0n) is 19.1. The third-order valence-corrected chi connectivity index (χ3v) is 4.72. The minimum Gasteiger partial charge on any atom is -0.490 e. The lowest BCUT2D eigenvalue weighted by Gasteiger charge is -2.13. The Morgan fingerprint density at radius 2 is 1.65 bits per heavy atom. The first kappa shape index (κ1) is 24.9. The molecule has 2 aromatic carbocycles. The van der Waals surface area contributed by atoms with Crippen LogP contribution in [0.2, 0.25) is 0 Å². The van der Waals surface area contributed by atoms with Gasteiger partial charge in [0.05, 0.1) is 13.2 Å². The molecule has 0 aliphatic heterocycles. The van der Waals surface area contributed by atoms with Crippen molar-refractivity contribution in [1.29, 1.82) is 0 Å². The number of carbonyl (C=O) groups is 1. The molecular formula is C24H26F3N3O4. The lowest BCUT2D eigenvalue weighted by molar-refractivity contribution is -0.141. The largest absolute Gasteiger partial charge is 0.490 e. The minimum atomic E-state index is -4.56. The van der Waals surface area contributed by atoms with Crippen LogP contribution in [0.3, 0.4) is 0 Å². The van der Waals surface area contributed by atoms with Crippen LogP contribution in [0.15, 0.2) is 48.5 Å². The summed E-state index contributed by atoms with van der Waals surface area (Å²) in [7, 11) is 0. The van der Waals surface area contributed by atoms with Gasteiger partial charge in [0, 0.05) is 11.4 Å². The maximum Gasteiger partial charge on any atom is 0.435 e. The van der Waals surface area contributed by atoms with Crippen molar-refractivity contribution < 1.29 is 32.2 Å². The lowest BCUT2D eigenvalue weighted by atomic mass is 10.2. The molecule has 182 valence electrons. The Bertz CT molecular complexity index is 1110. The van der Waals surface area contributed by atoms with Crippen molar-refractivity contribution >= 4 is 11.6 Å². The molecule has 0 saturated heterocycles. The number of rotatable bonds is 10. The van der Waals surface area contributed by atoms with Crippen LogP contribution in [0.5, 0.6) is 17.2 Å². The van der Waals surface area contributed by atoms with Gasteiger partial charge in [0.15, 0.2) is 17.2 Å². The van der Waals surface area contributed by atoms with Crippen molar-refractivity contribution in [3.63, 3.8) is 0 Å². The molecule has 0 saturated carbocycles. The summed E-state index contributed by atoms with van der Waals surface area (Å²) in [5.41, 5.74) is 0.600. The SMILES string of the molecule is CCOc1ccc(COc2ccc(NC(=O)Cn3nc(C(F)(F)F)cc3C)cc2)cc1OCC. The van der Waals surface area contributed by atoms with Gasteiger partial charge in [-0.1, -0.05) is 6.07 Å². The molecule has 7 nitrogen and oxygen atoms in total. The number of alkyl halides is 3. The molecule has 0 aliphatic rings. The van der Waals surface area contributed by atoms with Crippen molar-refractivity contribution in [2.75, 3.05) is 18.5 Å². The quantitative estimate of drug-likeness (QED) is 0.433. The van der Waals surface area contributed by atoms with E-state index in [1.807, 2.05) is 32.0 Å². The molecule has 0 bridgehead atoms. The van der Waals surface area contributed by atoms with Crippen molar-refractivity contribution in [3.8, 4) is 17.2 Å². The normalized spacial score (nSPS) is 11.2. The van der Waals surface area contributed by atoms with Crippen LogP contribution in [0.4, 0.5) is 18.9 Å². The fourth-order valence-electron chi connectivity index (χ4n) is 3.13. The molecule has 1 amide bonds.